The van der Waals surface area contributed by atoms with Gasteiger partial charge >= 0.3 is 6.18 Å². The van der Waals surface area contributed by atoms with Crippen LogP contribution in [0, 0.1) is 12.8 Å². The number of ether oxygens (including phenoxy) is 2. The van der Waals surface area contributed by atoms with Crippen molar-refractivity contribution in [3.8, 4) is 5.75 Å². The first-order valence-corrected chi connectivity index (χ1v) is 9.59. The Bertz CT molecular complexity index is 875. The summed E-state index contributed by atoms with van der Waals surface area (Å²) in [6, 6.07) is -0.0101. The lowest BCUT2D eigenvalue weighted by Gasteiger charge is -2.25. The van der Waals surface area contributed by atoms with E-state index in [4.69, 9.17) is 15.2 Å². The topological polar surface area (TPSA) is 100 Å². The minimum atomic E-state index is -4.61. The summed E-state index contributed by atoms with van der Waals surface area (Å²) < 4.78 is 52.0. The SMILES string of the molecule is Cc1nn(C2CCOC2)c(Nc2ncc(C(F)(F)F)c(N)n2)c1OCC1CCC1. The zero-order chi connectivity index (χ0) is 20.6. The molecule has 0 amide bonds. The first kappa shape index (κ1) is 19.7. The number of rotatable bonds is 6. The highest BCUT2D eigenvalue weighted by atomic mass is 19.4. The van der Waals surface area contributed by atoms with Crippen LogP contribution in [-0.2, 0) is 10.9 Å². The van der Waals surface area contributed by atoms with Crippen molar-refractivity contribution in [2.24, 2.45) is 5.92 Å². The Hall–Kier alpha value is -2.56. The van der Waals surface area contributed by atoms with E-state index in [9.17, 15) is 13.2 Å². The summed E-state index contributed by atoms with van der Waals surface area (Å²) >= 11 is 0. The fourth-order valence-corrected chi connectivity index (χ4v) is 3.44. The van der Waals surface area contributed by atoms with Gasteiger partial charge in [0.2, 0.25) is 5.95 Å². The summed E-state index contributed by atoms with van der Waals surface area (Å²) in [5, 5.41) is 7.54. The Balaban J connectivity index is 1.64. The van der Waals surface area contributed by atoms with Crippen LogP contribution in [0.1, 0.15) is 43.0 Å². The highest BCUT2D eigenvalue weighted by Gasteiger charge is 2.35. The van der Waals surface area contributed by atoms with Crippen LogP contribution in [0.15, 0.2) is 6.20 Å². The molecule has 3 N–H and O–H groups in total. The molecule has 1 unspecified atom stereocenters. The molecular weight excluding hydrogens is 389 g/mol. The fraction of sp³-hybridized carbons (Fsp3) is 0.611. The third kappa shape index (κ3) is 4.09. The predicted octanol–water partition coefficient (Wildman–Crippen LogP) is 3.47. The summed E-state index contributed by atoms with van der Waals surface area (Å²) in [5.74, 6) is 0.865. The molecule has 1 saturated carbocycles. The molecule has 11 heteroatoms. The van der Waals surface area contributed by atoms with Crippen LogP contribution in [0.2, 0.25) is 0 Å². The average Bonchev–Trinajstić information content (AvgIpc) is 3.22. The third-order valence-electron chi connectivity index (χ3n) is 5.32. The number of hydrogen-bond acceptors (Lipinski definition) is 7. The van der Waals surface area contributed by atoms with Gasteiger partial charge in [-0.25, -0.2) is 9.67 Å². The van der Waals surface area contributed by atoms with Crippen molar-refractivity contribution in [2.75, 3.05) is 30.9 Å². The van der Waals surface area contributed by atoms with E-state index in [2.05, 4.69) is 20.4 Å². The molecule has 158 valence electrons. The molecule has 0 aromatic carbocycles. The minimum absolute atomic E-state index is 0.0101. The van der Waals surface area contributed by atoms with Gasteiger partial charge in [-0.3, -0.25) is 0 Å². The number of aromatic nitrogens is 4. The van der Waals surface area contributed by atoms with E-state index >= 15 is 0 Å². The van der Waals surface area contributed by atoms with Crippen LogP contribution in [0.5, 0.6) is 5.75 Å². The molecule has 0 spiro atoms. The second-order valence-electron chi connectivity index (χ2n) is 7.45. The van der Waals surface area contributed by atoms with Crippen molar-refractivity contribution < 1.29 is 22.6 Å². The van der Waals surface area contributed by atoms with Crippen LogP contribution < -0.4 is 15.8 Å². The molecule has 3 heterocycles. The number of anilines is 3. The number of nitrogens with zero attached hydrogens (tertiary/aromatic N) is 4. The zero-order valence-electron chi connectivity index (χ0n) is 16.0. The maximum atomic E-state index is 12.9. The average molecular weight is 412 g/mol. The van der Waals surface area contributed by atoms with Crippen LogP contribution in [0.25, 0.3) is 0 Å². The maximum absolute atomic E-state index is 12.9. The van der Waals surface area contributed by atoms with Crippen molar-refractivity contribution in [3.63, 3.8) is 0 Å². The first-order chi connectivity index (χ1) is 13.8. The maximum Gasteiger partial charge on any atom is 0.421 e. The predicted molar refractivity (Wildman–Crippen MR) is 99.0 cm³/mol. The lowest BCUT2D eigenvalue weighted by Crippen LogP contribution is -2.20. The summed E-state index contributed by atoms with van der Waals surface area (Å²) in [5.41, 5.74) is 5.11. The standard InChI is InChI=1S/C18H23F3N6O2/c1-10-14(29-8-11-3-2-4-11)16(27(26-10)12-5-6-28-9-12)25-17-23-7-13(15(22)24-17)18(19,20)21/h7,11-12H,2-6,8-9H2,1H3,(H3,22,23,24,25). The normalized spacial score (nSPS) is 19.9. The Morgan fingerprint density at radius 3 is 2.72 bits per heavy atom. The highest BCUT2D eigenvalue weighted by Crippen LogP contribution is 2.37. The molecular formula is C18H23F3N6O2. The smallest absolute Gasteiger partial charge is 0.421 e. The van der Waals surface area contributed by atoms with E-state index in [1.807, 2.05) is 6.92 Å². The van der Waals surface area contributed by atoms with Crippen molar-refractivity contribution >= 4 is 17.6 Å². The number of nitrogens with two attached hydrogens (primary N) is 1. The molecule has 2 aliphatic rings. The van der Waals surface area contributed by atoms with Gasteiger partial charge in [0.1, 0.15) is 17.1 Å². The Labute approximate surface area is 165 Å². The number of hydrogen-bond donors (Lipinski definition) is 2. The minimum Gasteiger partial charge on any atom is -0.488 e. The number of alkyl halides is 3. The molecule has 2 aromatic rings. The number of nitrogen functional groups attached to an aromatic ring is 1. The molecule has 0 bridgehead atoms. The van der Waals surface area contributed by atoms with E-state index in [1.54, 1.807) is 4.68 Å². The number of aryl methyl sites for hydroxylation is 1. The molecule has 1 aliphatic carbocycles. The molecule has 1 saturated heterocycles. The third-order valence-corrected chi connectivity index (χ3v) is 5.32. The van der Waals surface area contributed by atoms with E-state index in [0.717, 1.165) is 19.3 Å². The van der Waals surface area contributed by atoms with E-state index < -0.39 is 17.6 Å². The van der Waals surface area contributed by atoms with Crippen molar-refractivity contribution in [1.82, 2.24) is 19.7 Å². The fourth-order valence-electron chi connectivity index (χ4n) is 3.44. The van der Waals surface area contributed by atoms with Crippen molar-refractivity contribution in [3.05, 3.63) is 17.5 Å². The summed E-state index contributed by atoms with van der Waals surface area (Å²) in [4.78, 5) is 7.57. The largest absolute Gasteiger partial charge is 0.488 e. The molecule has 4 rings (SSSR count). The Morgan fingerprint density at radius 1 is 1.34 bits per heavy atom. The van der Waals surface area contributed by atoms with Gasteiger partial charge < -0.3 is 20.5 Å². The molecule has 8 nitrogen and oxygen atoms in total. The summed E-state index contributed by atoms with van der Waals surface area (Å²) in [6.45, 7) is 3.51. The van der Waals surface area contributed by atoms with E-state index in [0.29, 0.717) is 49.2 Å². The van der Waals surface area contributed by atoms with Gasteiger partial charge in [0, 0.05) is 12.8 Å². The van der Waals surface area contributed by atoms with Gasteiger partial charge in [0.05, 0.1) is 19.3 Å². The quantitative estimate of drug-likeness (QED) is 0.749. The van der Waals surface area contributed by atoms with Gasteiger partial charge in [-0.2, -0.15) is 23.3 Å². The molecule has 1 atom stereocenters. The number of nitrogens with one attached hydrogen (secondary N) is 1. The Kier molecular flexibility index (Phi) is 5.24. The lowest BCUT2D eigenvalue weighted by molar-refractivity contribution is -0.137. The molecule has 0 radical (unpaired) electrons. The monoisotopic (exact) mass is 412 g/mol. The van der Waals surface area contributed by atoms with Gasteiger partial charge in [-0.15, -0.1) is 0 Å². The second kappa shape index (κ2) is 7.69. The molecule has 2 fully saturated rings. The van der Waals surface area contributed by atoms with Crippen molar-refractivity contribution in [2.45, 2.75) is 44.8 Å². The van der Waals surface area contributed by atoms with Crippen LogP contribution in [0.3, 0.4) is 0 Å². The van der Waals surface area contributed by atoms with Crippen LogP contribution in [0.4, 0.5) is 30.8 Å². The molecule has 2 aromatic heterocycles. The number of halogens is 3. The van der Waals surface area contributed by atoms with Gasteiger partial charge in [-0.1, -0.05) is 6.42 Å². The zero-order valence-corrected chi connectivity index (χ0v) is 16.0. The summed E-state index contributed by atoms with van der Waals surface area (Å²) in [6.07, 6.45) is 0.296. The first-order valence-electron chi connectivity index (χ1n) is 9.59. The molecule has 29 heavy (non-hydrogen) atoms. The van der Waals surface area contributed by atoms with E-state index in [-0.39, 0.29) is 12.0 Å². The van der Waals surface area contributed by atoms with Crippen molar-refractivity contribution in [1.29, 1.82) is 0 Å². The van der Waals surface area contributed by atoms with Crippen LogP contribution >= 0.6 is 0 Å². The van der Waals surface area contributed by atoms with Gasteiger partial charge in [0.25, 0.3) is 0 Å². The highest BCUT2D eigenvalue weighted by molar-refractivity contribution is 5.61. The van der Waals surface area contributed by atoms with Gasteiger partial charge in [-0.05, 0) is 32.1 Å². The lowest BCUT2D eigenvalue weighted by atomic mass is 9.86. The second-order valence-corrected chi connectivity index (χ2v) is 7.45. The van der Waals surface area contributed by atoms with Gasteiger partial charge in [0.15, 0.2) is 11.6 Å². The summed E-state index contributed by atoms with van der Waals surface area (Å²) in [7, 11) is 0. The van der Waals surface area contributed by atoms with Crippen LogP contribution in [-0.4, -0.2) is 39.6 Å². The van der Waals surface area contributed by atoms with E-state index in [1.165, 1.54) is 6.42 Å². The molecule has 1 aliphatic heterocycles. The Morgan fingerprint density at radius 2 is 2.14 bits per heavy atom.